The molecule has 0 fully saturated rings. The number of methoxy groups -OCH3 is 1. The first-order valence-corrected chi connectivity index (χ1v) is 8.95. The van der Waals surface area contributed by atoms with Crippen molar-refractivity contribution in [3.05, 3.63) is 58.7 Å². The predicted octanol–water partition coefficient (Wildman–Crippen LogP) is 4.99. The van der Waals surface area contributed by atoms with Gasteiger partial charge in [0.05, 0.1) is 19.3 Å². The third-order valence-electron chi connectivity index (χ3n) is 5.14. The SMILES string of the molecule is COc1ccc(CN2C(=O)C[C@H](C(C)C)c3cc(C)cc(C)c32)cc1. The highest BCUT2D eigenvalue weighted by Gasteiger charge is 2.34. The molecule has 2 aromatic carbocycles. The molecule has 0 radical (unpaired) electrons. The fourth-order valence-corrected chi connectivity index (χ4v) is 3.85. The van der Waals surface area contributed by atoms with Gasteiger partial charge in [-0.05, 0) is 54.5 Å². The van der Waals surface area contributed by atoms with E-state index in [9.17, 15) is 4.79 Å². The second-order valence-corrected chi connectivity index (χ2v) is 7.40. The van der Waals surface area contributed by atoms with Crippen LogP contribution in [0, 0.1) is 19.8 Å². The van der Waals surface area contributed by atoms with E-state index in [0.717, 1.165) is 17.0 Å². The minimum atomic E-state index is 0.217. The van der Waals surface area contributed by atoms with Gasteiger partial charge in [-0.25, -0.2) is 0 Å². The Labute approximate surface area is 150 Å². The molecular formula is C22H27NO2. The fourth-order valence-electron chi connectivity index (χ4n) is 3.85. The number of ether oxygens (including phenoxy) is 1. The van der Waals surface area contributed by atoms with Crippen LogP contribution in [-0.2, 0) is 11.3 Å². The van der Waals surface area contributed by atoms with Gasteiger partial charge in [0, 0.05) is 6.42 Å². The fraction of sp³-hybridized carbons (Fsp3) is 0.409. The second kappa shape index (κ2) is 6.91. The zero-order valence-corrected chi connectivity index (χ0v) is 15.8. The number of hydrogen-bond acceptors (Lipinski definition) is 2. The molecule has 1 amide bonds. The molecule has 0 saturated heterocycles. The van der Waals surface area contributed by atoms with Gasteiger partial charge < -0.3 is 9.64 Å². The Morgan fingerprint density at radius 1 is 1.16 bits per heavy atom. The highest BCUT2D eigenvalue weighted by Crippen LogP contribution is 2.43. The lowest BCUT2D eigenvalue weighted by molar-refractivity contribution is -0.119. The minimum absolute atomic E-state index is 0.217. The van der Waals surface area contributed by atoms with E-state index in [2.05, 4.69) is 39.8 Å². The summed E-state index contributed by atoms with van der Waals surface area (Å²) in [4.78, 5) is 14.9. The largest absolute Gasteiger partial charge is 0.497 e. The number of nitrogens with zero attached hydrogens (tertiary/aromatic N) is 1. The van der Waals surface area contributed by atoms with Gasteiger partial charge in [-0.2, -0.15) is 0 Å². The average Bonchev–Trinajstić information content (AvgIpc) is 2.57. The van der Waals surface area contributed by atoms with Crippen LogP contribution in [0.3, 0.4) is 0 Å². The second-order valence-electron chi connectivity index (χ2n) is 7.40. The minimum Gasteiger partial charge on any atom is -0.497 e. The average molecular weight is 337 g/mol. The normalized spacial score (nSPS) is 17.0. The Hall–Kier alpha value is -2.29. The maximum Gasteiger partial charge on any atom is 0.227 e. The number of amides is 1. The lowest BCUT2D eigenvalue weighted by Crippen LogP contribution is -2.38. The molecule has 0 N–H and O–H groups in total. The Kier molecular flexibility index (Phi) is 4.85. The molecule has 132 valence electrons. The number of carbonyl (C=O) groups excluding carboxylic acids is 1. The van der Waals surface area contributed by atoms with E-state index in [-0.39, 0.29) is 5.91 Å². The van der Waals surface area contributed by atoms with Crippen molar-refractivity contribution in [2.75, 3.05) is 12.0 Å². The van der Waals surface area contributed by atoms with Gasteiger partial charge in [0.25, 0.3) is 0 Å². The molecule has 0 aliphatic carbocycles. The molecule has 2 aromatic rings. The summed E-state index contributed by atoms with van der Waals surface area (Å²) in [7, 11) is 1.66. The van der Waals surface area contributed by atoms with Crippen molar-refractivity contribution in [3.8, 4) is 5.75 Å². The smallest absolute Gasteiger partial charge is 0.227 e. The van der Waals surface area contributed by atoms with Crippen molar-refractivity contribution in [1.82, 2.24) is 0 Å². The third-order valence-corrected chi connectivity index (χ3v) is 5.14. The Balaban J connectivity index is 2.02. The van der Waals surface area contributed by atoms with Crippen molar-refractivity contribution >= 4 is 11.6 Å². The molecule has 1 heterocycles. The molecule has 0 bridgehead atoms. The van der Waals surface area contributed by atoms with Crippen molar-refractivity contribution < 1.29 is 9.53 Å². The standard InChI is InChI=1S/C22H27NO2/c1-14(2)19-12-21(24)23(13-17-6-8-18(25-5)9-7-17)22-16(4)10-15(3)11-20(19)22/h6-11,14,19H,12-13H2,1-5H3/t19-/m1/s1. The van der Waals surface area contributed by atoms with Crippen LogP contribution in [0.5, 0.6) is 5.75 Å². The maximum absolute atomic E-state index is 12.9. The van der Waals surface area contributed by atoms with Crippen molar-refractivity contribution in [3.63, 3.8) is 0 Å². The summed E-state index contributed by atoms with van der Waals surface area (Å²) in [6, 6.07) is 12.4. The van der Waals surface area contributed by atoms with Gasteiger partial charge in [0.15, 0.2) is 0 Å². The monoisotopic (exact) mass is 337 g/mol. The number of benzene rings is 2. The zero-order chi connectivity index (χ0) is 18.1. The number of fused-ring (bicyclic) bond motifs is 1. The Bertz CT molecular complexity index is 777. The van der Waals surface area contributed by atoms with E-state index in [1.807, 2.05) is 29.2 Å². The van der Waals surface area contributed by atoms with E-state index in [0.29, 0.717) is 24.8 Å². The van der Waals surface area contributed by atoms with Crippen LogP contribution >= 0.6 is 0 Å². The summed E-state index contributed by atoms with van der Waals surface area (Å²) < 4.78 is 5.23. The van der Waals surface area contributed by atoms with Crippen molar-refractivity contribution in [1.29, 1.82) is 0 Å². The first kappa shape index (κ1) is 17.5. The zero-order valence-electron chi connectivity index (χ0n) is 15.8. The Morgan fingerprint density at radius 3 is 2.44 bits per heavy atom. The molecule has 0 unspecified atom stereocenters. The van der Waals surface area contributed by atoms with E-state index in [1.165, 1.54) is 16.7 Å². The first-order chi connectivity index (χ1) is 11.9. The van der Waals surface area contributed by atoms with Gasteiger partial charge in [0.1, 0.15) is 5.75 Å². The number of carbonyl (C=O) groups is 1. The summed E-state index contributed by atoms with van der Waals surface area (Å²) in [5.74, 6) is 1.80. The van der Waals surface area contributed by atoms with E-state index in [4.69, 9.17) is 4.74 Å². The summed E-state index contributed by atoms with van der Waals surface area (Å²) in [5.41, 5.74) is 5.99. The quantitative estimate of drug-likeness (QED) is 0.787. The highest BCUT2D eigenvalue weighted by atomic mass is 16.5. The van der Waals surface area contributed by atoms with Gasteiger partial charge in [-0.1, -0.05) is 43.7 Å². The Morgan fingerprint density at radius 2 is 1.84 bits per heavy atom. The van der Waals surface area contributed by atoms with Crippen LogP contribution < -0.4 is 9.64 Å². The van der Waals surface area contributed by atoms with Gasteiger partial charge >= 0.3 is 0 Å². The maximum atomic E-state index is 12.9. The van der Waals surface area contributed by atoms with Crippen molar-refractivity contribution in [2.45, 2.75) is 46.6 Å². The molecule has 0 spiro atoms. The molecule has 3 rings (SSSR count). The van der Waals surface area contributed by atoms with Crippen LogP contribution in [-0.4, -0.2) is 13.0 Å². The van der Waals surface area contributed by atoms with Gasteiger partial charge in [-0.3, -0.25) is 4.79 Å². The summed E-state index contributed by atoms with van der Waals surface area (Å²) in [5, 5.41) is 0. The number of aryl methyl sites for hydroxylation is 2. The first-order valence-electron chi connectivity index (χ1n) is 8.95. The lowest BCUT2D eigenvalue weighted by atomic mass is 9.80. The van der Waals surface area contributed by atoms with Crippen molar-refractivity contribution in [2.24, 2.45) is 5.92 Å². The topological polar surface area (TPSA) is 29.5 Å². The molecule has 1 aliphatic rings. The third kappa shape index (κ3) is 3.41. The van der Waals surface area contributed by atoms with Crippen LogP contribution in [0.1, 0.15) is 48.4 Å². The van der Waals surface area contributed by atoms with E-state index in [1.54, 1.807) is 7.11 Å². The van der Waals surface area contributed by atoms with E-state index >= 15 is 0 Å². The summed E-state index contributed by atoms with van der Waals surface area (Å²) >= 11 is 0. The molecular weight excluding hydrogens is 310 g/mol. The molecule has 0 aromatic heterocycles. The summed E-state index contributed by atoms with van der Waals surface area (Å²) in [6.45, 7) is 9.26. The number of anilines is 1. The van der Waals surface area contributed by atoms with Crippen LogP contribution in [0.2, 0.25) is 0 Å². The lowest BCUT2D eigenvalue weighted by Gasteiger charge is -2.37. The van der Waals surface area contributed by atoms with Gasteiger partial charge in [-0.15, -0.1) is 0 Å². The highest BCUT2D eigenvalue weighted by molar-refractivity contribution is 5.98. The van der Waals surface area contributed by atoms with Crippen LogP contribution in [0.15, 0.2) is 36.4 Å². The molecule has 1 atom stereocenters. The molecule has 3 nitrogen and oxygen atoms in total. The molecule has 3 heteroatoms. The summed E-state index contributed by atoms with van der Waals surface area (Å²) in [6.07, 6.45) is 0.587. The number of hydrogen-bond donors (Lipinski definition) is 0. The van der Waals surface area contributed by atoms with Gasteiger partial charge in [0.2, 0.25) is 5.91 Å². The van der Waals surface area contributed by atoms with Crippen LogP contribution in [0.25, 0.3) is 0 Å². The molecule has 0 saturated carbocycles. The molecule has 1 aliphatic heterocycles. The van der Waals surface area contributed by atoms with Crippen LogP contribution in [0.4, 0.5) is 5.69 Å². The van der Waals surface area contributed by atoms with E-state index < -0.39 is 0 Å². The predicted molar refractivity (Wildman–Crippen MR) is 102 cm³/mol. The molecule has 25 heavy (non-hydrogen) atoms. The number of rotatable bonds is 4.